The zero-order valence-electron chi connectivity index (χ0n) is 28.1. The Labute approximate surface area is 299 Å². The van der Waals surface area contributed by atoms with Crippen LogP contribution in [0.5, 0.6) is 5.75 Å². The number of aromatic nitrogens is 3. The van der Waals surface area contributed by atoms with E-state index in [1.807, 2.05) is 24.3 Å². The Kier molecular flexibility index (Phi) is 6.60. The van der Waals surface area contributed by atoms with Crippen molar-refractivity contribution in [1.82, 2.24) is 14.5 Å². The minimum atomic E-state index is 0.181. The number of imidazole rings is 1. The SMILES string of the molecule is Cc1cccc(C)c1-c1ccc(O)c(-c2nc3c(-c4ccc5c(n4)-c4cccc6scc(c46)-c4ccccc4-5)cccc3n2-c2ccccc2)c1. The molecule has 0 atom stereocenters. The predicted octanol–water partition coefficient (Wildman–Crippen LogP) is 12.3. The topological polar surface area (TPSA) is 50.9 Å². The zero-order chi connectivity index (χ0) is 34.2. The average Bonchev–Trinajstić information content (AvgIpc) is 3.75. The lowest BCUT2D eigenvalue weighted by atomic mass is 9.94. The van der Waals surface area contributed by atoms with Crippen molar-refractivity contribution < 1.29 is 5.11 Å². The molecule has 0 amide bonds. The largest absolute Gasteiger partial charge is 0.507 e. The Bertz CT molecular complexity index is 2830. The summed E-state index contributed by atoms with van der Waals surface area (Å²) in [6, 6.07) is 48.3. The predicted molar refractivity (Wildman–Crippen MR) is 212 cm³/mol. The molecule has 3 aromatic heterocycles. The highest BCUT2D eigenvalue weighted by molar-refractivity contribution is 7.17. The molecule has 4 nitrogen and oxygen atoms in total. The van der Waals surface area contributed by atoms with Crippen molar-refractivity contribution >= 4 is 32.5 Å². The summed E-state index contributed by atoms with van der Waals surface area (Å²) < 4.78 is 3.41. The van der Waals surface area contributed by atoms with Gasteiger partial charge in [0.05, 0.1) is 28.0 Å². The van der Waals surface area contributed by atoms with Crippen LogP contribution >= 0.6 is 11.3 Å². The molecular weight excluding hydrogens is 643 g/mol. The molecule has 1 aliphatic carbocycles. The first-order chi connectivity index (χ1) is 25.0. The van der Waals surface area contributed by atoms with E-state index in [-0.39, 0.29) is 5.75 Å². The minimum Gasteiger partial charge on any atom is -0.507 e. The normalized spacial score (nSPS) is 11.8. The molecule has 0 fully saturated rings. The van der Waals surface area contributed by atoms with Crippen molar-refractivity contribution in [3.63, 3.8) is 0 Å². The van der Waals surface area contributed by atoms with Crippen molar-refractivity contribution in [2.45, 2.75) is 13.8 Å². The van der Waals surface area contributed by atoms with Crippen LogP contribution in [0.25, 0.3) is 94.1 Å². The van der Waals surface area contributed by atoms with Gasteiger partial charge in [-0.2, -0.15) is 0 Å². The highest BCUT2D eigenvalue weighted by Crippen LogP contribution is 2.49. The molecular formula is C46H31N3OS. The van der Waals surface area contributed by atoms with Crippen molar-refractivity contribution in [1.29, 1.82) is 0 Å². The number of para-hydroxylation sites is 2. The number of hydrogen-bond acceptors (Lipinski definition) is 4. The van der Waals surface area contributed by atoms with Crippen LogP contribution in [0, 0.1) is 13.8 Å². The number of thiophene rings is 1. The summed E-state index contributed by atoms with van der Waals surface area (Å²) in [5, 5.41) is 15.0. The molecule has 3 heterocycles. The second-order valence-corrected chi connectivity index (χ2v) is 14.2. The highest BCUT2D eigenvalue weighted by Gasteiger charge is 2.25. The Morgan fingerprint density at radius 2 is 1.27 bits per heavy atom. The molecule has 0 radical (unpaired) electrons. The van der Waals surface area contributed by atoms with E-state index in [2.05, 4.69) is 133 Å². The smallest absolute Gasteiger partial charge is 0.149 e. The molecule has 0 aliphatic heterocycles. The number of phenols is 1. The summed E-state index contributed by atoms with van der Waals surface area (Å²) in [6.45, 7) is 4.26. The number of aromatic hydroxyl groups is 1. The van der Waals surface area contributed by atoms with Crippen LogP contribution in [0.1, 0.15) is 11.1 Å². The number of nitrogens with zero attached hydrogens (tertiary/aromatic N) is 3. The Morgan fingerprint density at radius 1 is 0.569 bits per heavy atom. The second-order valence-electron chi connectivity index (χ2n) is 13.2. The van der Waals surface area contributed by atoms with Crippen LogP contribution in [0.2, 0.25) is 0 Å². The van der Waals surface area contributed by atoms with Gasteiger partial charge in [0.25, 0.3) is 0 Å². The third kappa shape index (κ3) is 4.52. The summed E-state index contributed by atoms with van der Waals surface area (Å²) in [5.74, 6) is 0.853. The lowest BCUT2D eigenvalue weighted by Gasteiger charge is -2.14. The molecule has 9 aromatic rings. The van der Waals surface area contributed by atoms with E-state index < -0.39 is 0 Å². The van der Waals surface area contributed by atoms with E-state index in [1.54, 1.807) is 17.4 Å². The summed E-state index contributed by atoms with van der Waals surface area (Å²) in [4.78, 5) is 10.9. The summed E-state index contributed by atoms with van der Waals surface area (Å²) in [7, 11) is 0. The fourth-order valence-electron chi connectivity index (χ4n) is 7.93. The van der Waals surface area contributed by atoms with E-state index in [9.17, 15) is 5.11 Å². The lowest BCUT2D eigenvalue weighted by molar-refractivity contribution is 0.477. The van der Waals surface area contributed by atoms with Crippen molar-refractivity contribution in [2.75, 3.05) is 0 Å². The van der Waals surface area contributed by atoms with Crippen LogP contribution in [-0.2, 0) is 0 Å². The molecule has 0 bridgehead atoms. The van der Waals surface area contributed by atoms with Crippen LogP contribution in [0.3, 0.4) is 0 Å². The van der Waals surface area contributed by atoms with Gasteiger partial charge in [-0.15, -0.1) is 11.3 Å². The second kappa shape index (κ2) is 11.4. The first kappa shape index (κ1) is 29.6. The number of pyridine rings is 1. The first-order valence-corrected chi connectivity index (χ1v) is 18.0. The van der Waals surface area contributed by atoms with Gasteiger partial charge in [0.1, 0.15) is 11.6 Å². The summed E-state index contributed by atoms with van der Waals surface area (Å²) in [6.07, 6.45) is 0. The number of benzene rings is 6. The van der Waals surface area contributed by atoms with E-state index >= 15 is 0 Å². The van der Waals surface area contributed by atoms with E-state index in [4.69, 9.17) is 9.97 Å². The number of hydrogen-bond donors (Lipinski definition) is 1. The van der Waals surface area contributed by atoms with Crippen molar-refractivity contribution in [2.24, 2.45) is 0 Å². The van der Waals surface area contributed by atoms with Crippen LogP contribution in [-0.4, -0.2) is 19.6 Å². The van der Waals surface area contributed by atoms with Crippen LogP contribution in [0.4, 0.5) is 0 Å². The fourth-order valence-corrected chi connectivity index (χ4v) is 8.92. The summed E-state index contributed by atoms with van der Waals surface area (Å²) >= 11 is 1.78. The maximum atomic E-state index is 11.5. The van der Waals surface area contributed by atoms with Gasteiger partial charge in [-0.3, -0.25) is 4.57 Å². The summed E-state index contributed by atoms with van der Waals surface area (Å²) in [5.41, 5.74) is 16.7. The van der Waals surface area contributed by atoms with Gasteiger partial charge in [0.2, 0.25) is 0 Å². The number of fused-ring (bicyclic) bond motifs is 6. The molecule has 1 aliphatic rings. The molecule has 10 rings (SSSR count). The molecule has 0 spiro atoms. The van der Waals surface area contributed by atoms with Gasteiger partial charge in [0.15, 0.2) is 0 Å². The van der Waals surface area contributed by atoms with E-state index in [0.29, 0.717) is 11.4 Å². The first-order valence-electron chi connectivity index (χ1n) is 17.1. The third-order valence-corrected chi connectivity index (χ3v) is 11.2. The van der Waals surface area contributed by atoms with Crippen LogP contribution in [0.15, 0.2) is 145 Å². The molecule has 0 saturated carbocycles. The molecule has 5 heteroatoms. The third-order valence-electron chi connectivity index (χ3n) is 10.2. The maximum Gasteiger partial charge on any atom is 0.149 e. The molecule has 51 heavy (non-hydrogen) atoms. The minimum absolute atomic E-state index is 0.181. The molecule has 0 unspecified atom stereocenters. The standard InChI is InChI=1S/C46H31N3OS/c1-27-11-8-12-28(2)42(27)29-21-24-40(50)36(25-29)46-48-45-34(17-9-19-39(45)49(46)30-13-4-3-5-14-30)38-23-22-33-31-15-6-7-16-32(31)37-26-51-41-20-10-18-35(43(37)41)44(33)47-38/h3-26,50H,1-2H3. The quantitative estimate of drug-likeness (QED) is 0.202. The van der Waals surface area contributed by atoms with Gasteiger partial charge < -0.3 is 5.11 Å². The lowest BCUT2D eigenvalue weighted by Crippen LogP contribution is -1.98. The molecule has 1 N–H and O–H groups in total. The zero-order valence-corrected chi connectivity index (χ0v) is 28.9. The van der Waals surface area contributed by atoms with Gasteiger partial charge in [-0.25, -0.2) is 9.97 Å². The number of phenolic OH excluding ortho intramolecular Hbond substituents is 1. The highest BCUT2D eigenvalue weighted by atomic mass is 32.1. The van der Waals surface area contributed by atoms with Gasteiger partial charge >= 0.3 is 0 Å². The Balaban J connectivity index is 1.23. The average molecular weight is 674 g/mol. The van der Waals surface area contributed by atoms with Crippen LogP contribution < -0.4 is 0 Å². The van der Waals surface area contributed by atoms with Gasteiger partial charge in [-0.05, 0) is 101 Å². The molecule has 0 saturated heterocycles. The number of aryl methyl sites for hydroxylation is 2. The van der Waals surface area contributed by atoms with Gasteiger partial charge in [0, 0.05) is 38.0 Å². The van der Waals surface area contributed by atoms with E-state index in [0.717, 1.165) is 50.4 Å². The van der Waals surface area contributed by atoms with Crippen molar-refractivity contribution in [3.8, 4) is 78.7 Å². The molecule has 242 valence electrons. The fraction of sp³-hybridized carbons (Fsp3) is 0.0435. The van der Waals surface area contributed by atoms with E-state index in [1.165, 1.54) is 43.5 Å². The monoisotopic (exact) mass is 673 g/mol. The van der Waals surface area contributed by atoms with Gasteiger partial charge in [-0.1, -0.05) is 91.0 Å². The number of rotatable bonds is 4. The van der Waals surface area contributed by atoms with Crippen molar-refractivity contribution in [3.05, 3.63) is 156 Å². The maximum absolute atomic E-state index is 11.5. The Morgan fingerprint density at radius 3 is 2.10 bits per heavy atom. The Hall–Kier alpha value is -6.30. The molecule has 6 aromatic carbocycles.